The van der Waals surface area contributed by atoms with Gasteiger partial charge in [-0.1, -0.05) is 27.5 Å². The van der Waals surface area contributed by atoms with Crippen molar-refractivity contribution in [1.82, 2.24) is 4.90 Å². The smallest absolute Gasteiger partial charge is 0.255 e. The minimum Gasteiger partial charge on any atom is -0.371 e. The van der Waals surface area contributed by atoms with Crippen LogP contribution in [0.25, 0.3) is 0 Å². The number of carbonyl (C=O) groups is 1. The molecule has 1 amide bonds. The summed E-state index contributed by atoms with van der Waals surface area (Å²) in [5, 5.41) is 1.22. The lowest BCUT2D eigenvalue weighted by molar-refractivity contribution is -0.0559. The van der Waals surface area contributed by atoms with E-state index in [-0.39, 0.29) is 18.1 Å². The Morgan fingerprint density at radius 2 is 2.30 bits per heavy atom. The Bertz CT molecular complexity index is 500. The normalized spacial score (nSPS) is 22.9. The molecule has 0 aliphatic carbocycles. The van der Waals surface area contributed by atoms with Gasteiger partial charge in [-0.2, -0.15) is 0 Å². The summed E-state index contributed by atoms with van der Waals surface area (Å²) in [4.78, 5) is 15.5. The molecule has 2 unspecified atom stereocenters. The van der Waals surface area contributed by atoms with Crippen molar-refractivity contribution >= 4 is 45.2 Å². The third-order valence-electron chi connectivity index (χ3n) is 3.19. The molecule has 0 aromatic heterocycles. The molecule has 1 aromatic carbocycles. The quantitative estimate of drug-likeness (QED) is 0.593. The second kappa shape index (κ2) is 7.16. The van der Waals surface area contributed by atoms with Crippen LogP contribution < -0.4 is 0 Å². The van der Waals surface area contributed by atoms with Crippen LogP contribution in [-0.4, -0.2) is 47.7 Å². The number of alkyl halides is 1. The fourth-order valence-electron chi connectivity index (χ4n) is 2.26. The Hall–Kier alpha value is -0.230. The van der Waals surface area contributed by atoms with Crippen molar-refractivity contribution in [2.75, 3.05) is 24.7 Å². The lowest BCUT2D eigenvalue weighted by Crippen LogP contribution is -2.49. The molecular formula is C14H17BrClNO2S. The maximum Gasteiger partial charge on any atom is 0.255 e. The van der Waals surface area contributed by atoms with Crippen LogP contribution >= 0.6 is 39.3 Å². The maximum absolute atomic E-state index is 12.7. The topological polar surface area (TPSA) is 29.5 Å². The van der Waals surface area contributed by atoms with Gasteiger partial charge >= 0.3 is 0 Å². The number of thioether (sulfide) groups is 1. The summed E-state index contributed by atoms with van der Waals surface area (Å²) in [5.41, 5.74) is 0.570. The van der Waals surface area contributed by atoms with E-state index in [1.807, 2.05) is 30.2 Å². The minimum absolute atomic E-state index is 0.0213. The van der Waals surface area contributed by atoms with Crippen LogP contribution in [0.1, 0.15) is 17.3 Å². The van der Waals surface area contributed by atoms with Gasteiger partial charge in [0.2, 0.25) is 0 Å². The average molecular weight is 379 g/mol. The number of hydrogen-bond donors (Lipinski definition) is 0. The van der Waals surface area contributed by atoms with Gasteiger partial charge in [0.1, 0.15) is 0 Å². The lowest BCUT2D eigenvalue weighted by Gasteiger charge is -2.36. The van der Waals surface area contributed by atoms with Crippen LogP contribution in [0.4, 0.5) is 0 Å². The van der Waals surface area contributed by atoms with Gasteiger partial charge in [0.25, 0.3) is 5.91 Å². The maximum atomic E-state index is 12.7. The number of halogens is 2. The monoisotopic (exact) mass is 377 g/mol. The number of ether oxygens (including phenoxy) is 1. The molecular weight excluding hydrogens is 362 g/mol. The SMILES string of the molecule is CSc1ccc(Cl)c(C(=O)N2CC(C)OC(CBr)C2)c1. The van der Waals surface area contributed by atoms with Crippen molar-refractivity contribution in [1.29, 1.82) is 0 Å². The highest BCUT2D eigenvalue weighted by Crippen LogP contribution is 2.25. The van der Waals surface area contributed by atoms with E-state index >= 15 is 0 Å². The predicted molar refractivity (Wildman–Crippen MR) is 87.3 cm³/mol. The van der Waals surface area contributed by atoms with Gasteiger partial charge in [0.15, 0.2) is 0 Å². The Morgan fingerprint density at radius 3 is 2.95 bits per heavy atom. The van der Waals surface area contributed by atoms with E-state index in [9.17, 15) is 4.79 Å². The van der Waals surface area contributed by atoms with Crippen LogP contribution in [0.2, 0.25) is 5.02 Å². The van der Waals surface area contributed by atoms with E-state index in [0.717, 1.165) is 10.2 Å². The van der Waals surface area contributed by atoms with E-state index in [1.54, 1.807) is 17.8 Å². The van der Waals surface area contributed by atoms with Crippen molar-refractivity contribution in [3.05, 3.63) is 28.8 Å². The fraction of sp³-hybridized carbons (Fsp3) is 0.500. The Kier molecular flexibility index (Phi) is 5.78. The number of amides is 1. The van der Waals surface area contributed by atoms with Gasteiger partial charge in [0.05, 0.1) is 22.8 Å². The second-order valence-corrected chi connectivity index (χ2v) is 6.71. The van der Waals surface area contributed by atoms with Crippen LogP contribution in [0.5, 0.6) is 0 Å². The molecule has 3 nitrogen and oxygen atoms in total. The Balaban J connectivity index is 2.22. The molecule has 20 heavy (non-hydrogen) atoms. The first-order valence-corrected chi connectivity index (χ1v) is 9.11. The van der Waals surface area contributed by atoms with Crippen molar-refractivity contribution in [2.45, 2.75) is 24.0 Å². The average Bonchev–Trinajstić information content (AvgIpc) is 2.46. The van der Waals surface area contributed by atoms with Crippen molar-refractivity contribution in [2.24, 2.45) is 0 Å². The van der Waals surface area contributed by atoms with E-state index < -0.39 is 0 Å². The summed E-state index contributed by atoms with van der Waals surface area (Å²) in [6, 6.07) is 5.57. The summed E-state index contributed by atoms with van der Waals surface area (Å²) in [6.45, 7) is 3.17. The molecule has 0 bridgehead atoms. The minimum atomic E-state index is -0.0213. The van der Waals surface area contributed by atoms with Gasteiger partial charge in [-0.25, -0.2) is 0 Å². The zero-order valence-electron chi connectivity index (χ0n) is 11.4. The Morgan fingerprint density at radius 1 is 1.55 bits per heavy atom. The molecule has 1 saturated heterocycles. The van der Waals surface area contributed by atoms with Crippen LogP contribution in [0.15, 0.2) is 23.1 Å². The molecule has 2 rings (SSSR count). The van der Waals surface area contributed by atoms with Gasteiger partial charge in [0, 0.05) is 23.3 Å². The van der Waals surface area contributed by atoms with Gasteiger partial charge in [-0.05, 0) is 31.4 Å². The first-order chi connectivity index (χ1) is 9.55. The molecule has 1 fully saturated rings. The summed E-state index contributed by atoms with van der Waals surface area (Å²) in [5.74, 6) is -0.0213. The summed E-state index contributed by atoms with van der Waals surface area (Å²) >= 11 is 11.2. The van der Waals surface area contributed by atoms with Crippen LogP contribution in [0.3, 0.4) is 0 Å². The predicted octanol–water partition coefficient (Wildman–Crippen LogP) is 3.69. The molecule has 0 saturated carbocycles. The number of benzene rings is 1. The van der Waals surface area contributed by atoms with Crippen molar-refractivity contribution < 1.29 is 9.53 Å². The van der Waals surface area contributed by atoms with E-state index in [0.29, 0.717) is 23.7 Å². The van der Waals surface area contributed by atoms with Gasteiger partial charge in [-0.15, -0.1) is 11.8 Å². The third kappa shape index (κ3) is 3.70. The highest BCUT2D eigenvalue weighted by atomic mass is 79.9. The van der Waals surface area contributed by atoms with Crippen LogP contribution in [0, 0.1) is 0 Å². The number of rotatable bonds is 3. The molecule has 0 radical (unpaired) electrons. The molecule has 1 aromatic rings. The highest BCUT2D eigenvalue weighted by Gasteiger charge is 2.29. The van der Waals surface area contributed by atoms with Gasteiger partial charge < -0.3 is 9.64 Å². The zero-order valence-corrected chi connectivity index (χ0v) is 14.6. The fourth-order valence-corrected chi connectivity index (χ4v) is 3.26. The first kappa shape index (κ1) is 16.1. The van der Waals surface area contributed by atoms with E-state index in [4.69, 9.17) is 16.3 Å². The molecule has 2 atom stereocenters. The molecule has 0 N–H and O–H groups in total. The second-order valence-electron chi connectivity index (χ2n) is 4.78. The highest BCUT2D eigenvalue weighted by molar-refractivity contribution is 9.09. The molecule has 1 aliphatic heterocycles. The summed E-state index contributed by atoms with van der Waals surface area (Å²) < 4.78 is 5.75. The third-order valence-corrected chi connectivity index (χ3v) is 4.97. The summed E-state index contributed by atoms with van der Waals surface area (Å²) in [6.07, 6.45) is 2.05. The Labute approximate surface area is 137 Å². The standard InChI is InChI=1S/C14H17BrClNO2S/c1-9-7-17(8-10(6-15)19-9)14(18)12-5-11(20-2)3-4-13(12)16/h3-5,9-10H,6-8H2,1-2H3. The van der Waals surface area contributed by atoms with E-state index in [2.05, 4.69) is 15.9 Å². The van der Waals surface area contributed by atoms with Crippen molar-refractivity contribution in [3.8, 4) is 0 Å². The number of hydrogen-bond acceptors (Lipinski definition) is 3. The molecule has 6 heteroatoms. The van der Waals surface area contributed by atoms with Gasteiger partial charge in [-0.3, -0.25) is 4.79 Å². The number of carbonyl (C=O) groups excluding carboxylic acids is 1. The zero-order chi connectivity index (χ0) is 14.7. The molecule has 0 spiro atoms. The summed E-state index contributed by atoms with van der Waals surface area (Å²) in [7, 11) is 0. The number of morpholine rings is 1. The van der Waals surface area contributed by atoms with E-state index in [1.165, 1.54) is 0 Å². The van der Waals surface area contributed by atoms with Crippen molar-refractivity contribution in [3.63, 3.8) is 0 Å². The molecule has 1 aliphatic rings. The molecule has 1 heterocycles. The lowest BCUT2D eigenvalue weighted by atomic mass is 10.1. The number of nitrogens with zero attached hydrogens (tertiary/aromatic N) is 1. The van der Waals surface area contributed by atoms with Crippen LogP contribution in [-0.2, 0) is 4.74 Å². The first-order valence-electron chi connectivity index (χ1n) is 6.39. The largest absolute Gasteiger partial charge is 0.371 e. The molecule has 110 valence electrons.